The summed E-state index contributed by atoms with van der Waals surface area (Å²) >= 11 is 0. The maximum absolute atomic E-state index is 12.2. The second-order valence-corrected chi connectivity index (χ2v) is 11.7. The highest BCUT2D eigenvalue weighted by Gasteiger charge is 2.68. The lowest BCUT2D eigenvalue weighted by molar-refractivity contribution is -0.234. The van der Waals surface area contributed by atoms with Crippen molar-refractivity contribution in [3.8, 4) is 0 Å². The number of methoxy groups -OCH3 is 1. The average molecular weight is 423 g/mol. The molecule has 3 N–H and O–H groups in total. The minimum absolute atomic E-state index is 0.00715. The van der Waals surface area contributed by atoms with E-state index in [-0.39, 0.29) is 34.7 Å². The minimum atomic E-state index is -0.745. The highest BCUT2D eigenvalue weighted by molar-refractivity contribution is 5.69. The van der Waals surface area contributed by atoms with Gasteiger partial charge >= 0.3 is 5.97 Å². The molecule has 5 nitrogen and oxygen atoms in total. The van der Waals surface area contributed by atoms with E-state index in [4.69, 9.17) is 4.74 Å². The van der Waals surface area contributed by atoms with Crippen LogP contribution in [0.3, 0.4) is 0 Å². The van der Waals surface area contributed by atoms with Gasteiger partial charge in [0.25, 0.3) is 0 Å². The summed E-state index contributed by atoms with van der Waals surface area (Å²) in [5.41, 5.74) is -0.904. The van der Waals surface area contributed by atoms with Crippen LogP contribution in [-0.4, -0.2) is 46.2 Å². The molecule has 0 saturated heterocycles. The third-order valence-corrected chi connectivity index (χ3v) is 10.6. The molecule has 30 heavy (non-hydrogen) atoms. The van der Waals surface area contributed by atoms with Gasteiger partial charge in [0, 0.05) is 6.42 Å². The summed E-state index contributed by atoms with van der Waals surface area (Å²) in [6.45, 7) is 6.83. The van der Waals surface area contributed by atoms with Crippen LogP contribution in [0, 0.1) is 40.4 Å². The van der Waals surface area contributed by atoms with E-state index in [1.807, 2.05) is 0 Å². The predicted molar refractivity (Wildman–Crippen MR) is 114 cm³/mol. The summed E-state index contributed by atoms with van der Waals surface area (Å²) in [5.74, 6) is 1.29. The van der Waals surface area contributed by atoms with Gasteiger partial charge in [-0.2, -0.15) is 0 Å². The molecule has 0 bridgehead atoms. The van der Waals surface area contributed by atoms with Crippen LogP contribution in [0.2, 0.25) is 0 Å². The van der Waals surface area contributed by atoms with Gasteiger partial charge in [0.1, 0.15) is 0 Å². The number of rotatable bonds is 4. The molecule has 0 aromatic heterocycles. The molecule has 4 aliphatic rings. The Kier molecular flexibility index (Phi) is 5.81. The average Bonchev–Trinajstić information content (AvgIpc) is 2.99. The fourth-order valence-corrected chi connectivity index (χ4v) is 8.84. The zero-order valence-corrected chi connectivity index (χ0v) is 19.3. The summed E-state index contributed by atoms with van der Waals surface area (Å²) in [6.07, 6.45) is 7.53. The summed E-state index contributed by atoms with van der Waals surface area (Å²) in [5, 5.41) is 33.6. The largest absolute Gasteiger partial charge is 0.469 e. The molecule has 0 aromatic carbocycles. The zero-order valence-electron chi connectivity index (χ0n) is 19.3. The van der Waals surface area contributed by atoms with E-state index in [1.165, 1.54) is 7.11 Å². The van der Waals surface area contributed by atoms with Crippen molar-refractivity contribution in [1.29, 1.82) is 0 Å². The van der Waals surface area contributed by atoms with Crippen LogP contribution in [0.5, 0.6) is 0 Å². The van der Waals surface area contributed by atoms with Crippen LogP contribution in [0.1, 0.15) is 85.0 Å². The zero-order chi connectivity index (χ0) is 21.9. The Labute approximate surface area is 181 Å². The standard InChI is InChI=1S/C25H42O5/c1-15(5-6-22(28)30-4)17-9-12-25(29)19-14-21(27)20-13-16(26)7-10-23(20,2)18(19)8-11-24(17,25)3/h15-21,26-27,29H,5-14H2,1-4H3/t15-,16-,17-,18+,19-,20-,21+,23-,24-,25-/m1/s1. The summed E-state index contributed by atoms with van der Waals surface area (Å²) in [6, 6.07) is 0. The van der Waals surface area contributed by atoms with E-state index < -0.39 is 11.7 Å². The van der Waals surface area contributed by atoms with Gasteiger partial charge in [0.15, 0.2) is 0 Å². The maximum Gasteiger partial charge on any atom is 0.305 e. The molecule has 0 radical (unpaired) electrons. The van der Waals surface area contributed by atoms with Crippen molar-refractivity contribution < 1.29 is 24.9 Å². The van der Waals surface area contributed by atoms with E-state index in [0.717, 1.165) is 44.9 Å². The molecular formula is C25H42O5. The highest BCUT2D eigenvalue weighted by atomic mass is 16.5. The van der Waals surface area contributed by atoms with Gasteiger partial charge in [-0.3, -0.25) is 4.79 Å². The predicted octanol–water partition coefficient (Wildman–Crippen LogP) is 3.68. The number of aliphatic hydroxyl groups excluding tert-OH is 2. The summed E-state index contributed by atoms with van der Waals surface area (Å²) < 4.78 is 4.83. The third-order valence-electron chi connectivity index (χ3n) is 10.6. The number of carbonyl (C=O) groups excluding carboxylic acids is 1. The van der Waals surface area contributed by atoms with Gasteiger partial charge in [-0.15, -0.1) is 0 Å². The number of hydrogen-bond donors (Lipinski definition) is 3. The monoisotopic (exact) mass is 422 g/mol. The number of hydrogen-bond acceptors (Lipinski definition) is 5. The van der Waals surface area contributed by atoms with Crippen molar-refractivity contribution in [3.05, 3.63) is 0 Å². The Morgan fingerprint density at radius 3 is 2.47 bits per heavy atom. The first-order valence-electron chi connectivity index (χ1n) is 12.2. The molecule has 4 saturated carbocycles. The normalized spacial score (nSPS) is 51.4. The van der Waals surface area contributed by atoms with Gasteiger partial charge in [-0.05, 0) is 98.2 Å². The fraction of sp³-hybridized carbons (Fsp3) is 0.960. The molecule has 5 heteroatoms. The first-order valence-corrected chi connectivity index (χ1v) is 12.2. The Bertz CT molecular complexity index is 666. The quantitative estimate of drug-likeness (QED) is 0.602. The van der Waals surface area contributed by atoms with E-state index in [0.29, 0.717) is 37.0 Å². The maximum atomic E-state index is 12.2. The number of carbonyl (C=O) groups is 1. The van der Waals surface area contributed by atoms with Gasteiger partial charge < -0.3 is 20.1 Å². The van der Waals surface area contributed by atoms with Crippen LogP contribution in [0.4, 0.5) is 0 Å². The molecule has 4 aliphatic carbocycles. The number of aliphatic hydroxyl groups is 3. The molecule has 4 rings (SSSR count). The lowest BCUT2D eigenvalue weighted by Crippen LogP contribution is -2.65. The van der Waals surface area contributed by atoms with Gasteiger partial charge in [0.05, 0.1) is 24.9 Å². The van der Waals surface area contributed by atoms with Crippen molar-refractivity contribution in [2.45, 2.75) is 103 Å². The SMILES string of the molecule is COC(=O)CC[C@@H](C)[C@H]1CC[C@@]2(O)[C@@H]3C[C@H](O)[C@H]4C[C@H](O)CC[C@]4(C)[C@H]3CC[C@]12C. The van der Waals surface area contributed by atoms with Crippen molar-refractivity contribution in [3.63, 3.8) is 0 Å². The molecule has 0 heterocycles. The van der Waals surface area contributed by atoms with Crippen molar-refractivity contribution in [2.24, 2.45) is 40.4 Å². The fourth-order valence-electron chi connectivity index (χ4n) is 8.84. The van der Waals surface area contributed by atoms with Crippen LogP contribution < -0.4 is 0 Å². The van der Waals surface area contributed by atoms with Crippen LogP contribution in [0.15, 0.2) is 0 Å². The Balaban J connectivity index is 1.58. The van der Waals surface area contributed by atoms with E-state index in [2.05, 4.69) is 20.8 Å². The first kappa shape index (κ1) is 22.5. The Morgan fingerprint density at radius 1 is 1.03 bits per heavy atom. The van der Waals surface area contributed by atoms with E-state index in [9.17, 15) is 20.1 Å². The molecule has 0 aliphatic heterocycles. The Hall–Kier alpha value is -0.650. The van der Waals surface area contributed by atoms with E-state index in [1.54, 1.807) is 0 Å². The number of fused-ring (bicyclic) bond motifs is 5. The van der Waals surface area contributed by atoms with Gasteiger partial charge in [-0.1, -0.05) is 20.8 Å². The molecule has 0 aromatic rings. The van der Waals surface area contributed by atoms with Gasteiger partial charge in [0.2, 0.25) is 0 Å². The molecule has 4 fully saturated rings. The van der Waals surface area contributed by atoms with Crippen molar-refractivity contribution >= 4 is 5.97 Å². The molecule has 10 atom stereocenters. The van der Waals surface area contributed by atoms with Crippen LogP contribution in [0.25, 0.3) is 0 Å². The van der Waals surface area contributed by atoms with E-state index >= 15 is 0 Å². The second kappa shape index (κ2) is 7.74. The lowest BCUT2D eigenvalue weighted by Gasteiger charge is -2.64. The molecule has 172 valence electrons. The van der Waals surface area contributed by atoms with Gasteiger partial charge in [-0.25, -0.2) is 0 Å². The number of ether oxygens (including phenoxy) is 1. The summed E-state index contributed by atoms with van der Waals surface area (Å²) in [7, 11) is 1.44. The highest BCUT2D eigenvalue weighted by Crippen LogP contribution is 2.69. The molecule has 0 amide bonds. The minimum Gasteiger partial charge on any atom is -0.469 e. The van der Waals surface area contributed by atoms with Crippen LogP contribution >= 0.6 is 0 Å². The third kappa shape index (κ3) is 3.17. The molecule has 0 spiro atoms. The smallest absolute Gasteiger partial charge is 0.305 e. The van der Waals surface area contributed by atoms with Crippen LogP contribution in [-0.2, 0) is 9.53 Å². The lowest BCUT2D eigenvalue weighted by atomic mass is 9.42. The molecule has 0 unspecified atom stereocenters. The summed E-state index contributed by atoms with van der Waals surface area (Å²) in [4.78, 5) is 11.7. The second-order valence-electron chi connectivity index (χ2n) is 11.7. The van der Waals surface area contributed by atoms with Crippen molar-refractivity contribution in [2.75, 3.05) is 7.11 Å². The number of esters is 1. The Morgan fingerprint density at radius 2 is 1.77 bits per heavy atom. The first-order chi connectivity index (χ1) is 14.1. The topological polar surface area (TPSA) is 87.0 Å². The molecular weight excluding hydrogens is 380 g/mol. The van der Waals surface area contributed by atoms with Crippen molar-refractivity contribution in [1.82, 2.24) is 0 Å².